The van der Waals surface area contributed by atoms with E-state index in [0.29, 0.717) is 11.5 Å². The Labute approximate surface area is 162 Å². The number of methoxy groups -OCH3 is 2. The molecule has 0 unspecified atom stereocenters. The number of hydrogen-bond acceptors (Lipinski definition) is 6. The number of aromatic nitrogens is 2. The number of nitrogens with one attached hydrogen (secondary N) is 1. The summed E-state index contributed by atoms with van der Waals surface area (Å²) < 4.78 is 40.5. The fourth-order valence-electron chi connectivity index (χ4n) is 2.66. The Kier molecular flexibility index (Phi) is 5.83. The minimum absolute atomic E-state index is 0.121. The van der Waals surface area contributed by atoms with E-state index in [4.69, 9.17) is 9.47 Å². The Morgan fingerprint density at radius 2 is 2.00 bits per heavy atom. The second kappa shape index (κ2) is 8.12. The van der Waals surface area contributed by atoms with E-state index >= 15 is 0 Å². The van der Waals surface area contributed by atoms with Crippen LogP contribution in [0.2, 0.25) is 0 Å². The number of aryl methyl sites for hydroxylation is 1. The van der Waals surface area contributed by atoms with E-state index in [2.05, 4.69) is 9.82 Å². The van der Waals surface area contributed by atoms with Gasteiger partial charge in [0.2, 0.25) is 10.0 Å². The molecule has 144 valence electrons. The molecule has 0 saturated carbocycles. The Hall–Kier alpha value is -2.36. The number of benzene rings is 1. The monoisotopic (exact) mass is 407 g/mol. The van der Waals surface area contributed by atoms with Gasteiger partial charge in [-0.05, 0) is 25.1 Å². The third-order valence-electron chi connectivity index (χ3n) is 4.10. The van der Waals surface area contributed by atoms with Gasteiger partial charge in [-0.3, -0.25) is 4.68 Å². The van der Waals surface area contributed by atoms with Gasteiger partial charge in [0.05, 0.1) is 19.9 Å². The number of sulfonamides is 1. The smallest absolute Gasteiger partial charge is 0.250 e. The number of hydrogen-bond donors (Lipinski definition) is 1. The van der Waals surface area contributed by atoms with Gasteiger partial charge in [-0.25, -0.2) is 13.1 Å². The average molecular weight is 408 g/mol. The van der Waals surface area contributed by atoms with Gasteiger partial charge in [0.25, 0.3) is 0 Å². The van der Waals surface area contributed by atoms with E-state index in [1.165, 1.54) is 18.4 Å². The molecule has 0 amide bonds. The highest BCUT2D eigenvalue weighted by Gasteiger charge is 2.19. The molecule has 0 fully saturated rings. The lowest BCUT2D eigenvalue weighted by molar-refractivity contribution is 0.390. The van der Waals surface area contributed by atoms with Gasteiger partial charge in [-0.2, -0.15) is 5.10 Å². The Morgan fingerprint density at radius 1 is 1.19 bits per heavy atom. The standard InChI is InChI=1S/C18H21N3O4S2/c1-4-21-16(7-8-19-21)14-9-18(26-12-14)27(22,23)20-11-13-5-6-15(24-2)10-17(13)25-3/h5-10,12,20H,4,11H2,1-3H3. The second-order valence-corrected chi connectivity index (χ2v) is 8.59. The van der Waals surface area contributed by atoms with Gasteiger partial charge in [0.15, 0.2) is 0 Å². The maximum Gasteiger partial charge on any atom is 0.250 e. The zero-order valence-electron chi connectivity index (χ0n) is 15.3. The third-order valence-corrected chi connectivity index (χ3v) is 6.94. The van der Waals surface area contributed by atoms with Crippen molar-refractivity contribution < 1.29 is 17.9 Å². The van der Waals surface area contributed by atoms with Crippen LogP contribution in [-0.4, -0.2) is 32.4 Å². The van der Waals surface area contributed by atoms with Gasteiger partial charge in [-0.15, -0.1) is 11.3 Å². The van der Waals surface area contributed by atoms with Crippen molar-refractivity contribution in [3.8, 4) is 22.8 Å². The van der Waals surface area contributed by atoms with Crippen LogP contribution in [0.25, 0.3) is 11.3 Å². The minimum Gasteiger partial charge on any atom is -0.497 e. The predicted molar refractivity (Wildman–Crippen MR) is 105 cm³/mol. The molecule has 1 N–H and O–H groups in total. The lowest BCUT2D eigenvalue weighted by Crippen LogP contribution is -2.22. The number of rotatable bonds is 8. The van der Waals surface area contributed by atoms with Crippen molar-refractivity contribution in [3.63, 3.8) is 0 Å². The molecule has 0 atom stereocenters. The first kappa shape index (κ1) is 19.4. The molecule has 0 aliphatic carbocycles. The van der Waals surface area contributed by atoms with Gasteiger partial charge in [0.1, 0.15) is 15.7 Å². The molecule has 3 rings (SSSR count). The molecule has 1 aromatic carbocycles. The van der Waals surface area contributed by atoms with Crippen molar-refractivity contribution in [1.29, 1.82) is 0 Å². The van der Waals surface area contributed by atoms with Crippen molar-refractivity contribution >= 4 is 21.4 Å². The Bertz CT molecular complexity index is 1020. The highest BCUT2D eigenvalue weighted by molar-refractivity contribution is 7.91. The lowest BCUT2D eigenvalue weighted by atomic mass is 10.2. The summed E-state index contributed by atoms with van der Waals surface area (Å²) in [4.78, 5) is 0. The van der Waals surface area contributed by atoms with Crippen molar-refractivity contribution in [2.45, 2.75) is 24.2 Å². The Balaban J connectivity index is 1.78. The molecule has 2 heterocycles. The zero-order valence-corrected chi connectivity index (χ0v) is 16.9. The van der Waals surface area contributed by atoms with E-state index in [9.17, 15) is 8.42 Å². The molecule has 27 heavy (non-hydrogen) atoms. The molecule has 0 bridgehead atoms. The fraction of sp³-hybridized carbons (Fsp3) is 0.278. The van der Waals surface area contributed by atoms with Crippen LogP contribution in [-0.2, 0) is 23.1 Å². The summed E-state index contributed by atoms with van der Waals surface area (Å²) in [5, 5.41) is 6.05. The summed E-state index contributed by atoms with van der Waals surface area (Å²) in [6, 6.07) is 8.80. The molecule has 0 aliphatic heterocycles. The molecule has 0 spiro atoms. The van der Waals surface area contributed by atoms with Crippen molar-refractivity contribution in [3.05, 3.63) is 47.5 Å². The molecular weight excluding hydrogens is 386 g/mol. The van der Waals surface area contributed by atoms with Crippen LogP contribution in [0.5, 0.6) is 11.5 Å². The third kappa shape index (κ3) is 4.15. The van der Waals surface area contributed by atoms with Gasteiger partial charge in [-0.1, -0.05) is 6.07 Å². The van der Waals surface area contributed by atoms with E-state index in [-0.39, 0.29) is 10.8 Å². The van der Waals surface area contributed by atoms with E-state index in [1.54, 1.807) is 37.6 Å². The summed E-state index contributed by atoms with van der Waals surface area (Å²) in [5.74, 6) is 1.21. The summed E-state index contributed by atoms with van der Waals surface area (Å²) in [5.41, 5.74) is 2.46. The average Bonchev–Trinajstić information content (AvgIpc) is 3.35. The lowest BCUT2D eigenvalue weighted by Gasteiger charge is -2.11. The van der Waals surface area contributed by atoms with Gasteiger partial charge < -0.3 is 9.47 Å². The first-order valence-electron chi connectivity index (χ1n) is 8.29. The topological polar surface area (TPSA) is 82.5 Å². The van der Waals surface area contributed by atoms with Crippen LogP contribution in [0.15, 0.2) is 46.1 Å². The van der Waals surface area contributed by atoms with E-state index < -0.39 is 10.0 Å². The number of thiophene rings is 1. The van der Waals surface area contributed by atoms with Crippen molar-refractivity contribution in [1.82, 2.24) is 14.5 Å². The molecule has 0 saturated heterocycles. The summed E-state index contributed by atoms with van der Waals surface area (Å²) in [6.45, 7) is 2.83. The minimum atomic E-state index is -3.64. The predicted octanol–water partition coefficient (Wildman–Crippen LogP) is 3.13. The number of ether oxygens (including phenoxy) is 2. The highest BCUT2D eigenvalue weighted by atomic mass is 32.2. The first-order chi connectivity index (χ1) is 13.0. The van der Waals surface area contributed by atoms with Crippen LogP contribution in [0.1, 0.15) is 12.5 Å². The second-order valence-electron chi connectivity index (χ2n) is 5.69. The van der Waals surface area contributed by atoms with Crippen LogP contribution < -0.4 is 14.2 Å². The first-order valence-corrected chi connectivity index (χ1v) is 10.7. The SMILES string of the molecule is CCn1nccc1-c1csc(S(=O)(=O)NCc2ccc(OC)cc2OC)c1. The largest absolute Gasteiger partial charge is 0.497 e. The maximum atomic E-state index is 12.7. The molecule has 3 aromatic rings. The van der Waals surface area contributed by atoms with Crippen LogP contribution in [0.4, 0.5) is 0 Å². The summed E-state index contributed by atoms with van der Waals surface area (Å²) in [6.07, 6.45) is 1.71. The summed E-state index contributed by atoms with van der Waals surface area (Å²) >= 11 is 1.18. The molecule has 0 radical (unpaired) electrons. The van der Waals surface area contributed by atoms with E-state index in [0.717, 1.165) is 23.4 Å². The highest BCUT2D eigenvalue weighted by Crippen LogP contribution is 2.29. The van der Waals surface area contributed by atoms with Crippen LogP contribution >= 0.6 is 11.3 Å². The van der Waals surface area contributed by atoms with E-state index in [1.807, 2.05) is 23.1 Å². The molecule has 7 nitrogen and oxygen atoms in total. The molecule has 9 heteroatoms. The van der Waals surface area contributed by atoms with Crippen LogP contribution in [0, 0.1) is 0 Å². The van der Waals surface area contributed by atoms with Crippen molar-refractivity contribution in [2.75, 3.05) is 14.2 Å². The number of nitrogens with zero attached hydrogens (tertiary/aromatic N) is 2. The quantitative estimate of drug-likeness (QED) is 0.620. The molecule has 2 aromatic heterocycles. The maximum absolute atomic E-state index is 12.7. The summed E-state index contributed by atoms with van der Waals surface area (Å²) in [7, 11) is -0.534. The molecule has 0 aliphatic rings. The molecular formula is C18H21N3O4S2. The van der Waals surface area contributed by atoms with Gasteiger partial charge in [0, 0.05) is 41.9 Å². The van der Waals surface area contributed by atoms with Gasteiger partial charge >= 0.3 is 0 Å². The van der Waals surface area contributed by atoms with Crippen molar-refractivity contribution in [2.24, 2.45) is 0 Å². The normalized spacial score (nSPS) is 11.5. The Morgan fingerprint density at radius 3 is 2.70 bits per heavy atom. The zero-order chi connectivity index (χ0) is 19.4. The fourth-order valence-corrected chi connectivity index (χ4v) is 4.89. The van der Waals surface area contributed by atoms with Crippen LogP contribution in [0.3, 0.4) is 0 Å².